The van der Waals surface area contributed by atoms with Crippen molar-refractivity contribution in [1.29, 1.82) is 0 Å². The van der Waals surface area contributed by atoms with E-state index in [1.165, 1.54) is 0 Å². The number of piperidine rings is 1. The Bertz CT molecular complexity index is 300. The number of carboxylic acid groups (broad SMARTS) is 1. The molecule has 0 saturated carbocycles. The number of amides is 1. The van der Waals surface area contributed by atoms with Crippen molar-refractivity contribution < 1.29 is 19.8 Å². The van der Waals surface area contributed by atoms with Gasteiger partial charge in [0.25, 0.3) is 0 Å². The van der Waals surface area contributed by atoms with E-state index in [1.807, 2.05) is 13.2 Å². The number of aliphatic carboxylic acids is 1. The number of carbonyl (C=O) groups excluding carboxylic acids is 1. The Kier molecular flexibility index (Phi) is 4.82. The van der Waals surface area contributed by atoms with Gasteiger partial charge in [0.2, 0.25) is 5.91 Å². The number of nitrogens with zero attached hydrogens (tertiary/aromatic N) is 1. The molecule has 1 amide bonds. The van der Waals surface area contributed by atoms with Crippen molar-refractivity contribution in [3.63, 3.8) is 0 Å². The van der Waals surface area contributed by atoms with Gasteiger partial charge in [-0.1, -0.05) is 6.92 Å². The molecule has 0 aliphatic carbocycles. The first kappa shape index (κ1) is 14.3. The van der Waals surface area contributed by atoms with Crippen LogP contribution in [0.3, 0.4) is 0 Å². The summed E-state index contributed by atoms with van der Waals surface area (Å²) in [5.41, 5.74) is -1.65. The van der Waals surface area contributed by atoms with Crippen LogP contribution in [0, 0.1) is 5.92 Å². The summed E-state index contributed by atoms with van der Waals surface area (Å²) in [6.07, 6.45) is 2.17. The zero-order chi connectivity index (χ0) is 13.1. The minimum Gasteiger partial charge on any atom is -0.479 e. The molecule has 1 saturated heterocycles. The van der Waals surface area contributed by atoms with Crippen LogP contribution in [0.1, 0.15) is 19.8 Å². The van der Waals surface area contributed by atoms with E-state index in [0.717, 1.165) is 5.75 Å². The molecule has 5 nitrogen and oxygen atoms in total. The molecular formula is C11H19NO4S. The van der Waals surface area contributed by atoms with Crippen molar-refractivity contribution in [2.24, 2.45) is 5.92 Å². The topological polar surface area (TPSA) is 77.8 Å². The maximum atomic E-state index is 12.0. The molecule has 0 spiro atoms. The maximum absolute atomic E-state index is 12.0. The Morgan fingerprint density at radius 1 is 1.41 bits per heavy atom. The molecule has 0 aromatic heterocycles. The molecule has 17 heavy (non-hydrogen) atoms. The third-order valence-corrected chi connectivity index (χ3v) is 3.97. The second kappa shape index (κ2) is 5.73. The molecule has 0 bridgehead atoms. The summed E-state index contributed by atoms with van der Waals surface area (Å²) < 4.78 is 0. The molecule has 1 aliphatic heterocycles. The predicted octanol–water partition coefficient (Wildman–Crippen LogP) is 0.424. The third kappa shape index (κ3) is 3.35. The smallest absolute Gasteiger partial charge is 0.335 e. The van der Waals surface area contributed by atoms with Gasteiger partial charge in [-0.25, -0.2) is 4.79 Å². The number of carboxylic acids is 1. The van der Waals surface area contributed by atoms with E-state index >= 15 is 0 Å². The van der Waals surface area contributed by atoms with Crippen LogP contribution in [0.4, 0.5) is 0 Å². The lowest BCUT2D eigenvalue weighted by atomic mass is 9.91. The zero-order valence-corrected chi connectivity index (χ0v) is 11.0. The van der Waals surface area contributed by atoms with Gasteiger partial charge < -0.3 is 15.1 Å². The zero-order valence-electron chi connectivity index (χ0n) is 10.2. The summed E-state index contributed by atoms with van der Waals surface area (Å²) in [4.78, 5) is 24.4. The van der Waals surface area contributed by atoms with E-state index in [2.05, 4.69) is 0 Å². The van der Waals surface area contributed by atoms with Crippen LogP contribution in [0.2, 0.25) is 0 Å². The van der Waals surface area contributed by atoms with Gasteiger partial charge in [-0.3, -0.25) is 4.79 Å². The van der Waals surface area contributed by atoms with Gasteiger partial charge in [-0.2, -0.15) is 11.8 Å². The molecule has 1 fully saturated rings. The highest BCUT2D eigenvalue weighted by atomic mass is 32.2. The highest BCUT2D eigenvalue weighted by Gasteiger charge is 2.40. The van der Waals surface area contributed by atoms with Crippen molar-refractivity contribution >= 4 is 23.6 Å². The monoisotopic (exact) mass is 261 g/mol. The van der Waals surface area contributed by atoms with Gasteiger partial charge in [-0.15, -0.1) is 0 Å². The fourth-order valence-corrected chi connectivity index (χ4v) is 2.59. The largest absolute Gasteiger partial charge is 0.479 e. The van der Waals surface area contributed by atoms with Crippen LogP contribution in [0.5, 0.6) is 0 Å². The van der Waals surface area contributed by atoms with Gasteiger partial charge in [0.05, 0.1) is 0 Å². The first-order valence-corrected chi connectivity index (χ1v) is 7.03. The molecule has 2 N–H and O–H groups in total. The highest BCUT2D eigenvalue weighted by Crippen LogP contribution is 2.23. The fourth-order valence-electron chi connectivity index (χ4n) is 1.94. The molecule has 0 aromatic rings. The summed E-state index contributed by atoms with van der Waals surface area (Å²) in [6.45, 7) is 2.51. The van der Waals surface area contributed by atoms with Crippen molar-refractivity contribution in [3.05, 3.63) is 0 Å². The van der Waals surface area contributed by atoms with Crippen LogP contribution in [0.25, 0.3) is 0 Å². The number of aliphatic hydroxyl groups is 1. The van der Waals surface area contributed by atoms with E-state index in [9.17, 15) is 14.7 Å². The summed E-state index contributed by atoms with van der Waals surface area (Å²) in [6, 6.07) is 0. The van der Waals surface area contributed by atoms with Crippen LogP contribution < -0.4 is 0 Å². The van der Waals surface area contributed by atoms with E-state index in [-0.39, 0.29) is 24.7 Å². The van der Waals surface area contributed by atoms with Gasteiger partial charge in [0.1, 0.15) is 0 Å². The number of hydrogen-bond donors (Lipinski definition) is 2. The van der Waals surface area contributed by atoms with Gasteiger partial charge in [0, 0.05) is 37.6 Å². The van der Waals surface area contributed by atoms with Crippen LogP contribution in [0.15, 0.2) is 0 Å². The molecule has 98 valence electrons. The fraction of sp³-hybridized carbons (Fsp3) is 0.818. The van der Waals surface area contributed by atoms with Gasteiger partial charge in [-0.05, 0) is 6.26 Å². The number of hydrogen-bond acceptors (Lipinski definition) is 4. The van der Waals surface area contributed by atoms with Crippen LogP contribution in [-0.2, 0) is 9.59 Å². The van der Waals surface area contributed by atoms with Gasteiger partial charge >= 0.3 is 5.97 Å². The Morgan fingerprint density at radius 2 is 1.94 bits per heavy atom. The minimum atomic E-state index is -1.65. The molecule has 0 radical (unpaired) electrons. The van der Waals surface area contributed by atoms with E-state index in [0.29, 0.717) is 13.1 Å². The third-order valence-electron chi connectivity index (χ3n) is 3.14. The average molecular weight is 261 g/mol. The lowest BCUT2D eigenvalue weighted by Gasteiger charge is -2.36. The van der Waals surface area contributed by atoms with Crippen LogP contribution >= 0.6 is 11.8 Å². The summed E-state index contributed by atoms with van der Waals surface area (Å²) >= 11 is 1.62. The molecular weight excluding hydrogens is 242 g/mol. The maximum Gasteiger partial charge on any atom is 0.335 e. The number of carbonyl (C=O) groups is 2. The van der Waals surface area contributed by atoms with E-state index in [1.54, 1.807) is 16.7 Å². The second-order valence-corrected chi connectivity index (χ2v) is 5.43. The Hall–Kier alpha value is -0.750. The van der Waals surface area contributed by atoms with Crippen LogP contribution in [-0.4, -0.2) is 57.7 Å². The Morgan fingerprint density at radius 3 is 2.35 bits per heavy atom. The van der Waals surface area contributed by atoms with E-state index in [4.69, 9.17) is 5.11 Å². The number of likely N-dealkylation sites (tertiary alicyclic amines) is 1. The summed E-state index contributed by atoms with van der Waals surface area (Å²) in [7, 11) is 0. The molecule has 1 rings (SSSR count). The first-order chi connectivity index (χ1) is 7.90. The van der Waals surface area contributed by atoms with Crippen molar-refractivity contribution in [3.8, 4) is 0 Å². The molecule has 1 atom stereocenters. The molecule has 1 heterocycles. The molecule has 6 heteroatoms. The normalized spacial score (nSPS) is 21.0. The predicted molar refractivity (Wildman–Crippen MR) is 65.9 cm³/mol. The summed E-state index contributed by atoms with van der Waals surface area (Å²) in [5.74, 6) is -0.437. The number of thioether (sulfide) groups is 1. The van der Waals surface area contributed by atoms with Crippen molar-refractivity contribution in [1.82, 2.24) is 4.90 Å². The Labute approximate surface area is 105 Å². The standard InChI is InChI=1S/C11H19NO4S/c1-8(7-17-2)9(13)12-5-3-11(16,4-6-12)10(14)15/h8,16H,3-7H2,1-2H3,(H,14,15). The first-order valence-electron chi connectivity index (χ1n) is 5.64. The summed E-state index contributed by atoms with van der Waals surface area (Å²) in [5, 5.41) is 18.6. The molecule has 1 unspecified atom stereocenters. The van der Waals surface area contributed by atoms with Crippen molar-refractivity contribution in [2.45, 2.75) is 25.4 Å². The Balaban J connectivity index is 2.52. The lowest BCUT2D eigenvalue weighted by molar-refractivity contribution is -0.165. The quantitative estimate of drug-likeness (QED) is 0.767. The van der Waals surface area contributed by atoms with Crippen molar-refractivity contribution in [2.75, 3.05) is 25.1 Å². The SMILES string of the molecule is CSCC(C)C(=O)N1CCC(O)(C(=O)O)CC1. The van der Waals surface area contributed by atoms with E-state index < -0.39 is 11.6 Å². The average Bonchev–Trinajstić information content (AvgIpc) is 2.29. The second-order valence-electron chi connectivity index (χ2n) is 4.52. The minimum absolute atomic E-state index is 0.0480. The molecule has 1 aliphatic rings. The lowest BCUT2D eigenvalue weighted by Crippen LogP contribution is -2.51. The number of rotatable bonds is 4. The highest BCUT2D eigenvalue weighted by molar-refractivity contribution is 7.98. The van der Waals surface area contributed by atoms with Gasteiger partial charge in [0.15, 0.2) is 5.60 Å². The molecule has 0 aromatic carbocycles.